The van der Waals surface area contributed by atoms with Crippen LogP contribution in [0.3, 0.4) is 0 Å². The lowest BCUT2D eigenvalue weighted by Gasteiger charge is -2.21. The number of nitrogens with one attached hydrogen (secondary N) is 1. The van der Waals surface area contributed by atoms with Crippen molar-refractivity contribution in [2.75, 3.05) is 5.32 Å². The molecule has 0 bridgehead atoms. The van der Waals surface area contributed by atoms with E-state index >= 15 is 0 Å². The molecule has 1 N–H and O–H groups in total. The summed E-state index contributed by atoms with van der Waals surface area (Å²) in [4.78, 5) is 10.9. The van der Waals surface area contributed by atoms with Crippen molar-refractivity contribution < 1.29 is 4.79 Å². The maximum Gasteiger partial charge on any atom is 0.150 e. The SMILES string of the molecule is CCCCCC(Nc1ccc(-c2ccc(C#N)cc2)cc1)c1ccc(C=O)cc1. The first-order chi connectivity index (χ1) is 14.2. The van der Waals surface area contributed by atoms with Crippen LogP contribution in [0.25, 0.3) is 11.1 Å². The highest BCUT2D eigenvalue weighted by atomic mass is 16.1. The van der Waals surface area contributed by atoms with Crippen LogP contribution in [0.1, 0.15) is 60.1 Å². The van der Waals surface area contributed by atoms with Gasteiger partial charge < -0.3 is 5.32 Å². The Hall–Kier alpha value is -3.38. The smallest absolute Gasteiger partial charge is 0.150 e. The maximum absolute atomic E-state index is 10.9. The molecule has 3 aromatic carbocycles. The summed E-state index contributed by atoms with van der Waals surface area (Å²) in [6, 6.07) is 26.2. The molecule has 0 radical (unpaired) electrons. The third-order valence-electron chi connectivity index (χ3n) is 5.14. The van der Waals surface area contributed by atoms with Gasteiger partial charge in [-0.25, -0.2) is 0 Å². The molecule has 146 valence electrons. The van der Waals surface area contributed by atoms with Gasteiger partial charge in [0.05, 0.1) is 17.7 Å². The topological polar surface area (TPSA) is 52.9 Å². The van der Waals surface area contributed by atoms with Gasteiger partial charge in [0.25, 0.3) is 0 Å². The minimum atomic E-state index is 0.211. The number of hydrogen-bond acceptors (Lipinski definition) is 3. The van der Waals surface area contributed by atoms with Crippen molar-refractivity contribution in [3.63, 3.8) is 0 Å². The number of aldehydes is 1. The number of benzene rings is 3. The minimum Gasteiger partial charge on any atom is -0.378 e. The second-order valence-electron chi connectivity index (χ2n) is 7.24. The molecular weight excluding hydrogens is 356 g/mol. The largest absolute Gasteiger partial charge is 0.378 e. The summed E-state index contributed by atoms with van der Waals surface area (Å²) < 4.78 is 0. The number of carbonyl (C=O) groups excluding carboxylic acids is 1. The summed E-state index contributed by atoms with van der Waals surface area (Å²) >= 11 is 0. The number of unbranched alkanes of at least 4 members (excludes halogenated alkanes) is 2. The summed E-state index contributed by atoms with van der Waals surface area (Å²) in [7, 11) is 0. The van der Waals surface area contributed by atoms with Crippen LogP contribution in [0.15, 0.2) is 72.8 Å². The number of nitrogens with zero attached hydrogens (tertiary/aromatic N) is 1. The van der Waals surface area contributed by atoms with Crippen LogP contribution in [-0.4, -0.2) is 6.29 Å². The molecule has 0 aromatic heterocycles. The first kappa shape index (κ1) is 20.4. The molecule has 0 aliphatic carbocycles. The summed E-state index contributed by atoms with van der Waals surface area (Å²) in [5.74, 6) is 0. The summed E-state index contributed by atoms with van der Waals surface area (Å²) in [6.45, 7) is 2.21. The highest BCUT2D eigenvalue weighted by molar-refractivity contribution is 5.74. The molecule has 3 nitrogen and oxygen atoms in total. The Morgan fingerprint density at radius 3 is 2.07 bits per heavy atom. The van der Waals surface area contributed by atoms with Crippen molar-refractivity contribution in [2.45, 2.75) is 38.6 Å². The zero-order valence-corrected chi connectivity index (χ0v) is 16.8. The van der Waals surface area contributed by atoms with Crippen LogP contribution in [0.4, 0.5) is 5.69 Å². The number of anilines is 1. The molecule has 0 fully saturated rings. The summed E-state index contributed by atoms with van der Waals surface area (Å²) in [5.41, 5.74) is 5.86. The summed E-state index contributed by atoms with van der Waals surface area (Å²) in [6.07, 6.45) is 5.49. The van der Waals surface area contributed by atoms with Crippen LogP contribution in [0.2, 0.25) is 0 Å². The van der Waals surface area contributed by atoms with E-state index in [0.29, 0.717) is 11.1 Å². The highest BCUT2D eigenvalue weighted by Crippen LogP contribution is 2.27. The Morgan fingerprint density at radius 1 is 0.897 bits per heavy atom. The van der Waals surface area contributed by atoms with E-state index in [4.69, 9.17) is 5.26 Å². The highest BCUT2D eigenvalue weighted by Gasteiger charge is 2.11. The number of carbonyl (C=O) groups is 1. The van der Waals surface area contributed by atoms with Crippen LogP contribution in [0, 0.1) is 11.3 Å². The van der Waals surface area contributed by atoms with Crippen molar-refractivity contribution in [2.24, 2.45) is 0 Å². The fraction of sp³-hybridized carbons (Fsp3) is 0.231. The molecule has 0 saturated carbocycles. The Morgan fingerprint density at radius 2 is 1.52 bits per heavy atom. The van der Waals surface area contributed by atoms with Crippen LogP contribution >= 0.6 is 0 Å². The van der Waals surface area contributed by atoms with E-state index in [1.54, 1.807) is 0 Å². The molecule has 0 saturated heterocycles. The second kappa shape index (κ2) is 10.2. The third-order valence-corrected chi connectivity index (χ3v) is 5.14. The molecule has 3 aromatic rings. The zero-order chi connectivity index (χ0) is 20.5. The zero-order valence-electron chi connectivity index (χ0n) is 16.8. The van der Waals surface area contributed by atoms with E-state index < -0.39 is 0 Å². The van der Waals surface area contributed by atoms with Crippen molar-refractivity contribution in [3.05, 3.63) is 89.5 Å². The average Bonchev–Trinajstić information content (AvgIpc) is 2.79. The van der Waals surface area contributed by atoms with Gasteiger partial charge in [-0.15, -0.1) is 0 Å². The van der Waals surface area contributed by atoms with Crippen LogP contribution in [-0.2, 0) is 0 Å². The molecule has 1 atom stereocenters. The van der Waals surface area contributed by atoms with Crippen molar-refractivity contribution in [1.29, 1.82) is 5.26 Å². The molecule has 0 heterocycles. The molecule has 1 unspecified atom stereocenters. The molecule has 29 heavy (non-hydrogen) atoms. The predicted molar refractivity (Wildman–Crippen MR) is 119 cm³/mol. The first-order valence-electron chi connectivity index (χ1n) is 10.2. The van der Waals surface area contributed by atoms with Gasteiger partial charge in [-0.2, -0.15) is 5.26 Å². The fourth-order valence-electron chi connectivity index (χ4n) is 3.42. The molecule has 0 amide bonds. The number of nitriles is 1. The normalized spacial score (nSPS) is 11.4. The van der Waals surface area contributed by atoms with Gasteiger partial charge in [-0.1, -0.05) is 74.7 Å². The van der Waals surface area contributed by atoms with Gasteiger partial charge in [-0.05, 0) is 47.4 Å². The van der Waals surface area contributed by atoms with Crippen molar-refractivity contribution >= 4 is 12.0 Å². The van der Waals surface area contributed by atoms with E-state index in [1.165, 1.54) is 18.4 Å². The van der Waals surface area contributed by atoms with E-state index in [-0.39, 0.29) is 6.04 Å². The molecular formula is C26H26N2O. The minimum absolute atomic E-state index is 0.211. The molecule has 0 aliphatic rings. The number of rotatable bonds is 9. The Labute approximate surface area is 173 Å². The fourth-order valence-corrected chi connectivity index (χ4v) is 3.42. The predicted octanol–water partition coefficient (Wildman–Crippen LogP) is 6.77. The molecule has 3 heteroatoms. The quantitative estimate of drug-likeness (QED) is 0.328. The first-order valence-corrected chi connectivity index (χ1v) is 10.2. The van der Waals surface area contributed by atoms with E-state index in [0.717, 1.165) is 35.9 Å². The Kier molecular flexibility index (Phi) is 7.19. The Bertz CT molecular complexity index is 952. The Balaban J connectivity index is 1.75. The van der Waals surface area contributed by atoms with Gasteiger partial charge in [0.15, 0.2) is 0 Å². The maximum atomic E-state index is 10.9. The van der Waals surface area contributed by atoms with Crippen molar-refractivity contribution in [1.82, 2.24) is 0 Å². The van der Waals surface area contributed by atoms with Crippen molar-refractivity contribution in [3.8, 4) is 17.2 Å². The van der Waals surface area contributed by atoms with E-state index in [9.17, 15) is 4.79 Å². The monoisotopic (exact) mass is 382 g/mol. The molecule has 0 spiro atoms. The second-order valence-corrected chi connectivity index (χ2v) is 7.24. The van der Waals surface area contributed by atoms with E-state index in [2.05, 4.69) is 42.6 Å². The lowest BCUT2D eigenvalue weighted by Crippen LogP contribution is -2.11. The molecule has 3 rings (SSSR count). The van der Waals surface area contributed by atoms with Gasteiger partial charge in [0.1, 0.15) is 6.29 Å². The van der Waals surface area contributed by atoms with Gasteiger partial charge in [0.2, 0.25) is 0 Å². The lowest BCUT2D eigenvalue weighted by molar-refractivity contribution is 0.112. The standard InChI is InChI=1S/C26H26N2O/c1-2-3-4-5-26(24-12-8-21(19-29)9-13-24)28-25-16-14-23(15-17-25)22-10-6-20(18-27)7-11-22/h6-17,19,26,28H,2-5H2,1H3. The lowest BCUT2D eigenvalue weighted by atomic mass is 9.98. The van der Waals surface area contributed by atoms with Gasteiger partial charge in [-0.3, -0.25) is 4.79 Å². The van der Waals surface area contributed by atoms with Crippen LogP contribution < -0.4 is 5.32 Å². The van der Waals surface area contributed by atoms with Gasteiger partial charge >= 0.3 is 0 Å². The molecule has 0 aliphatic heterocycles. The van der Waals surface area contributed by atoms with E-state index in [1.807, 2.05) is 48.5 Å². The third kappa shape index (κ3) is 5.56. The average molecular weight is 383 g/mol. The van der Waals surface area contributed by atoms with Crippen LogP contribution in [0.5, 0.6) is 0 Å². The number of hydrogen-bond donors (Lipinski definition) is 1. The summed E-state index contributed by atoms with van der Waals surface area (Å²) in [5, 5.41) is 12.6. The van der Waals surface area contributed by atoms with Gasteiger partial charge in [0, 0.05) is 11.3 Å².